The SMILES string of the molecule is C=CCCCC1COC(CCc2ccc(F)c(F)c2)OC1. The van der Waals surface area contributed by atoms with Crippen molar-refractivity contribution >= 4 is 0 Å². The van der Waals surface area contributed by atoms with Crippen LogP contribution in [0.1, 0.15) is 31.2 Å². The molecule has 4 heteroatoms. The molecule has 0 radical (unpaired) electrons. The molecule has 0 bridgehead atoms. The fourth-order valence-corrected chi connectivity index (χ4v) is 2.45. The Labute approximate surface area is 124 Å². The average molecular weight is 296 g/mol. The van der Waals surface area contributed by atoms with Crippen molar-refractivity contribution in [3.05, 3.63) is 48.1 Å². The van der Waals surface area contributed by atoms with Gasteiger partial charge in [0.1, 0.15) is 0 Å². The van der Waals surface area contributed by atoms with Gasteiger partial charge in [-0.1, -0.05) is 12.1 Å². The first kappa shape index (κ1) is 16.1. The normalized spacial score (nSPS) is 22.2. The van der Waals surface area contributed by atoms with Gasteiger partial charge in [-0.05, 0) is 43.4 Å². The Hall–Kier alpha value is -1.26. The van der Waals surface area contributed by atoms with Gasteiger partial charge in [-0.3, -0.25) is 0 Å². The van der Waals surface area contributed by atoms with E-state index in [0.29, 0.717) is 32.0 Å². The molecule has 1 aromatic carbocycles. The van der Waals surface area contributed by atoms with Gasteiger partial charge in [0.2, 0.25) is 0 Å². The van der Waals surface area contributed by atoms with Gasteiger partial charge in [0.25, 0.3) is 0 Å². The molecule has 1 aliphatic rings. The molecule has 1 aromatic rings. The number of hydrogen-bond donors (Lipinski definition) is 0. The van der Waals surface area contributed by atoms with Crippen molar-refractivity contribution in [2.75, 3.05) is 13.2 Å². The van der Waals surface area contributed by atoms with Crippen molar-refractivity contribution in [2.24, 2.45) is 5.92 Å². The zero-order chi connectivity index (χ0) is 15.1. The van der Waals surface area contributed by atoms with E-state index in [1.807, 2.05) is 6.08 Å². The lowest BCUT2D eigenvalue weighted by atomic mass is 10.0. The molecule has 1 aliphatic heterocycles. The van der Waals surface area contributed by atoms with Crippen molar-refractivity contribution in [3.8, 4) is 0 Å². The van der Waals surface area contributed by atoms with E-state index < -0.39 is 11.6 Å². The van der Waals surface area contributed by atoms with Crippen molar-refractivity contribution in [2.45, 2.75) is 38.4 Å². The molecular weight excluding hydrogens is 274 g/mol. The number of ether oxygens (including phenoxy) is 2. The van der Waals surface area contributed by atoms with Gasteiger partial charge in [0.05, 0.1) is 13.2 Å². The van der Waals surface area contributed by atoms with Crippen LogP contribution in [0.3, 0.4) is 0 Å². The van der Waals surface area contributed by atoms with Crippen LogP contribution in [0.15, 0.2) is 30.9 Å². The van der Waals surface area contributed by atoms with Crippen LogP contribution < -0.4 is 0 Å². The maximum absolute atomic E-state index is 13.1. The van der Waals surface area contributed by atoms with Crippen LogP contribution in [0.4, 0.5) is 8.78 Å². The number of unbranched alkanes of at least 4 members (excludes halogenated alkanes) is 1. The summed E-state index contributed by atoms with van der Waals surface area (Å²) in [5.74, 6) is -1.17. The number of halogens is 2. The van der Waals surface area contributed by atoms with Crippen LogP contribution in [0.25, 0.3) is 0 Å². The first-order chi connectivity index (χ1) is 10.2. The van der Waals surface area contributed by atoms with Gasteiger partial charge in [-0.25, -0.2) is 8.78 Å². The fourth-order valence-electron chi connectivity index (χ4n) is 2.45. The summed E-state index contributed by atoms with van der Waals surface area (Å²) in [7, 11) is 0. The summed E-state index contributed by atoms with van der Waals surface area (Å²) in [4.78, 5) is 0. The van der Waals surface area contributed by atoms with Crippen LogP contribution in [0.2, 0.25) is 0 Å². The summed E-state index contributed by atoms with van der Waals surface area (Å²) >= 11 is 0. The molecule has 1 heterocycles. The van der Waals surface area contributed by atoms with Gasteiger partial charge in [0, 0.05) is 12.3 Å². The Morgan fingerprint density at radius 3 is 2.57 bits per heavy atom. The van der Waals surface area contributed by atoms with E-state index in [1.54, 1.807) is 6.07 Å². The second kappa shape index (κ2) is 8.25. The number of allylic oxidation sites excluding steroid dienone is 1. The third kappa shape index (κ3) is 5.21. The third-order valence-corrected chi connectivity index (χ3v) is 3.71. The highest BCUT2D eigenvalue weighted by atomic mass is 19.2. The lowest BCUT2D eigenvalue weighted by molar-refractivity contribution is -0.203. The fraction of sp³-hybridized carbons (Fsp3) is 0.529. The van der Waals surface area contributed by atoms with Gasteiger partial charge in [0.15, 0.2) is 17.9 Å². The largest absolute Gasteiger partial charge is 0.352 e. The lowest BCUT2D eigenvalue weighted by Crippen LogP contribution is -2.32. The number of rotatable bonds is 7. The molecule has 1 fully saturated rings. The molecule has 2 rings (SSSR count). The Morgan fingerprint density at radius 2 is 1.90 bits per heavy atom. The maximum Gasteiger partial charge on any atom is 0.159 e. The molecule has 0 aliphatic carbocycles. The second-order valence-electron chi connectivity index (χ2n) is 5.47. The minimum absolute atomic E-state index is 0.242. The first-order valence-electron chi connectivity index (χ1n) is 7.47. The Morgan fingerprint density at radius 1 is 1.14 bits per heavy atom. The molecule has 21 heavy (non-hydrogen) atoms. The molecule has 2 nitrogen and oxygen atoms in total. The summed E-state index contributed by atoms with van der Waals surface area (Å²) in [6.45, 7) is 5.12. The second-order valence-corrected chi connectivity index (χ2v) is 5.47. The maximum atomic E-state index is 13.1. The van der Waals surface area contributed by atoms with Gasteiger partial charge in [-0.2, -0.15) is 0 Å². The van der Waals surface area contributed by atoms with E-state index in [-0.39, 0.29) is 6.29 Å². The molecule has 0 amide bonds. The summed E-state index contributed by atoms with van der Waals surface area (Å²) in [6, 6.07) is 3.98. The zero-order valence-electron chi connectivity index (χ0n) is 12.2. The Kier molecular flexibility index (Phi) is 6.33. The molecule has 1 saturated heterocycles. The molecule has 0 aromatic heterocycles. The predicted octanol–water partition coefficient (Wildman–Crippen LogP) is 4.24. The van der Waals surface area contributed by atoms with E-state index in [2.05, 4.69) is 6.58 Å². The first-order valence-corrected chi connectivity index (χ1v) is 7.47. The highest BCUT2D eigenvalue weighted by Crippen LogP contribution is 2.20. The summed E-state index contributed by atoms with van der Waals surface area (Å²) in [5.41, 5.74) is 0.759. The minimum Gasteiger partial charge on any atom is -0.352 e. The van der Waals surface area contributed by atoms with Crippen LogP contribution in [0.5, 0.6) is 0 Å². The summed E-state index contributed by atoms with van der Waals surface area (Å²) in [6.07, 6.45) is 6.18. The predicted molar refractivity (Wildman–Crippen MR) is 77.9 cm³/mol. The number of benzene rings is 1. The Balaban J connectivity index is 1.68. The van der Waals surface area contributed by atoms with Crippen molar-refractivity contribution < 1.29 is 18.3 Å². The molecule has 0 N–H and O–H groups in total. The highest BCUT2D eigenvalue weighted by molar-refractivity contribution is 5.17. The summed E-state index contributed by atoms with van der Waals surface area (Å²) < 4.78 is 37.3. The lowest BCUT2D eigenvalue weighted by Gasteiger charge is -2.29. The van der Waals surface area contributed by atoms with Crippen molar-refractivity contribution in [1.29, 1.82) is 0 Å². The topological polar surface area (TPSA) is 18.5 Å². The molecule has 0 spiro atoms. The molecule has 0 atom stereocenters. The van der Waals surface area contributed by atoms with Crippen LogP contribution in [-0.2, 0) is 15.9 Å². The summed E-state index contributed by atoms with van der Waals surface area (Å²) in [5, 5.41) is 0. The van der Waals surface area contributed by atoms with Crippen LogP contribution in [0, 0.1) is 17.6 Å². The smallest absolute Gasteiger partial charge is 0.159 e. The highest BCUT2D eigenvalue weighted by Gasteiger charge is 2.21. The van der Waals surface area contributed by atoms with E-state index in [9.17, 15) is 8.78 Å². The standard InChI is InChI=1S/C17H22F2O2/c1-2-3-4-5-14-11-20-17(21-12-14)9-7-13-6-8-15(18)16(19)10-13/h2,6,8,10,14,17H,1,3-5,7,9,11-12H2. The molecule has 116 valence electrons. The van der Waals surface area contributed by atoms with E-state index in [0.717, 1.165) is 30.9 Å². The minimum atomic E-state index is -0.814. The zero-order valence-corrected chi connectivity index (χ0v) is 12.2. The monoisotopic (exact) mass is 296 g/mol. The van der Waals surface area contributed by atoms with E-state index in [1.165, 1.54) is 6.07 Å². The van der Waals surface area contributed by atoms with Crippen LogP contribution in [-0.4, -0.2) is 19.5 Å². The van der Waals surface area contributed by atoms with Crippen molar-refractivity contribution in [1.82, 2.24) is 0 Å². The van der Waals surface area contributed by atoms with E-state index >= 15 is 0 Å². The number of hydrogen-bond acceptors (Lipinski definition) is 2. The molecular formula is C17H22F2O2. The van der Waals surface area contributed by atoms with Crippen LogP contribution >= 0.6 is 0 Å². The van der Waals surface area contributed by atoms with Crippen molar-refractivity contribution in [3.63, 3.8) is 0 Å². The number of aryl methyl sites for hydroxylation is 1. The average Bonchev–Trinajstić information content (AvgIpc) is 2.50. The quantitative estimate of drug-likeness (QED) is 0.553. The van der Waals surface area contributed by atoms with Gasteiger partial charge in [-0.15, -0.1) is 6.58 Å². The Bertz CT molecular complexity index is 454. The molecule has 0 saturated carbocycles. The third-order valence-electron chi connectivity index (χ3n) is 3.71. The van der Waals surface area contributed by atoms with E-state index in [4.69, 9.17) is 9.47 Å². The molecule has 0 unspecified atom stereocenters. The van der Waals surface area contributed by atoms with Gasteiger partial charge < -0.3 is 9.47 Å². The van der Waals surface area contributed by atoms with Gasteiger partial charge >= 0.3 is 0 Å².